The van der Waals surface area contributed by atoms with E-state index in [0.717, 1.165) is 42.7 Å². The van der Waals surface area contributed by atoms with E-state index < -0.39 is 0 Å². The lowest BCUT2D eigenvalue weighted by Crippen LogP contribution is -2.49. The van der Waals surface area contributed by atoms with Crippen molar-refractivity contribution in [3.8, 4) is 11.4 Å². The molecule has 6 nitrogen and oxygen atoms in total. The van der Waals surface area contributed by atoms with E-state index in [1.165, 1.54) is 0 Å². The summed E-state index contributed by atoms with van der Waals surface area (Å²) >= 11 is 0. The molecular formula is C12H17N5O. The average molecular weight is 247 g/mol. The summed E-state index contributed by atoms with van der Waals surface area (Å²) in [5, 5.41) is 10.7. The number of H-pyrrole nitrogens is 1. The Morgan fingerprint density at radius 2 is 2.39 bits per heavy atom. The molecule has 0 unspecified atom stereocenters. The summed E-state index contributed by atoms with van der Waals surface area (Å²) in [5.74, 6) is 2.38. The first-order valence-corrected chi connectivity index (χ1v) is 6.19. The first-order chi connectivity index (χ1) is 8.74. The fourth-order valence-electron chi connectivity index (χ4n) is 2.26. The molecule has 1 aliphatic heterocycles. The number of hydrogen-bond donors (Lipinski definition) is 2. The molecule has 2 aromatic rings. The van der Waals surface area contributed by atoms with Gasteiger partial charge in [0.2, 0.25) is 5.95 Å². The van der Waals surface area contributed by atoms with E-state index in [0.29, 0.717) is 6.04 Å². The molecule has 1 saturated heterocycles. The fourth-order valence-corrected chi connectivity index (χ4v) is 2.26. The number of anilines is 1. The summed E-state index contributed by atoms with van der Waals surface area (Å²) in [7, 11) is 0. The van der Waals surface area contributed by atoms with Crippen LogP contribution < -0.4 is 10.2 Å². The lowest BCUT2D eigenvalue weighted by molar-refractivity contribution is 0.480. The van der Waals surface area contributed by atoms with E-state index in [1.54, 1.807) is 6.26 Å². The molecule has 0 saturated carbocycles. The number of nitrogens with one attached hydrogen (secondary N) is 2. The minimum atomic E-state index is 0.469. The molecule has 6 heteroatoms. The predicted molar refractivity (Wildman–Crippen MR) is 68.5 cm³/mol. The lowest BCUT2D eigenvalue weighted by atomic mass is 10.2. The van der Waals surface area contributed by atoms with Gasteiger partial charge in [0.1, 0.15) is 5.76 Å². The summed E-state index contributed by atoms with van der Waals surface area (Å²) in [4.78, 5) is 6.73. The molecule has 1 atom stereocenters. The van der Waals surface area contributed by atoms with Crippen LogP contribution in [0, 0.1) is 6.92 Å². The molecule has 96 valence electrons. The Morgan fingerprint density at radius 3 is 3.11 bits per heavy atom. The molecule has 0 amide bonds. The predicted octanol–water partition coefficient (Wildman–Crippen LogP) is 1.17. The smallest absolute Gasteiger partial charge is 0.245 e. The third kappa shape index (κ3) is 1.99. The summed E-state index contributed by atoms with van der Waals surface area (Å²) in [5.41, 5.74) is 0.969. The van der Waals surface area contributed by atoms with E-state index >= 15 is 0 Å². The van der Waals surface area contributed by atoms with Crippen LogP contribution in [-0.4, -0.2) is 40.9 Å². The Kier molecular flexibility index (Phi) is 2.79. The Bertz CT molecular complexity index is 532. The van der Waals surface area contributed by atoms with Crippen molar-refractivity contribution in [2.45, 2.75) is 19.9 Å². The van der Waals surface area contributed by atoms with Crippen LogP contribution in [0.5, 0.6) is 0 Å². The number of rotatable bonds is 2. The highest BCUT2D eigenvalue weighted by atomic mass is 16.3. The number of nitrogens with zero attached hydrogens (tertiary/aromatic N) is 3. The molecule has 1 aliphatic rings. The minimum absolute atomic E-state index is 0.469. The van der Waals surface area contributed by atoms with Crippen LogP contribution in [0.15, 0.2) is 16.7 Å². The molecule has 3 heterocycles. The van der Waals surface area contributed by atoms with E-state index in [4.69, 9.17) is 4.42 Å². The van der Waals surface area contributed by atoms with Crippen LogP contribution in [0.3, 0.4) is 0 Å². The maximum Gasteiger partial charge on any atom is 0.245 e. The molecule has 3 rings (SSSR count). The van der Waals surface area contributed by atoms with Gasteiger partial charge in [-0.15, -0.1) is 5.10 Å². The van der Waals surface area contributed by atoms with Gasteiger partial charge in [0, 0.05) is 25.7 Å². The van der Waals surface area contributed by atoms with E-state index in [9.17, 15) is 0 Å². The average Bonchev–Trinajstić information content (AvgIpc) is 2.97. The van der Waals surface area contributed by atoms with Crippen molar-refractivity contribution < 1.29 is 4.42 Å². The molecule has 0 aliphatic carbocycles. The normalized spacial score (nSPS) is 20.3. The van der Waals surface area contributed by atoms with Crippen LogP contribution in [0.4, 0.5) is 5.95 Å². The molecular weight excluding hydrogens is 230 g/mol. The topological polar surface area (TPSA) is 70.0 Å². The van der Waals surface area contributed by atoms with Gasteiger partial charge in [-0.3, -0.25) is 5.10 Å². The number of aromatic nitrogens is 3. The Hall–Kier alpha value is -1.82. The second-order valence-corrected chi connectivity index (χ2v) is 4.68. The largest absolute Gasteiger partial charge is 0.469 e. The molecule has 2 N–H and O–H groups in total. The van der Waals surface area contributed by atoms with E-state index in [2.05, 4.69) is 32.3 Å². The van der Waals surface area contributed by atoms with Crippen molar-refractivity contribution in [3.05, 3.63) is 18.1 Å². The molecule has 0 spiro atoms. The van der Waals surface area contributed by atoms with Crippen molar-refractivity contribution in [2.24, 2.45) is 0 Å². The van der Waals surface area contributed by atoms with E-state index in [1.807, 2.05) is 13.0 Å². The van der Waals surface area contributed by atoms with Crippen molar-refractivity contribution in [3.63, 3.8) is 0 Å². The highest BCUT2D eigenvalue weighted by Crippen LogP contribution is 2.22. The van der Waals surface area contributed by atoms with Crippen molar-refractivity contribution >= 4 is 5.95 Å². The molecule has 0 bridgehead atoms. The van der Waals surface area contributed by atoms with Gasteiger partial charge in [0.05, 0.1) is 11.8 Å². The molecule has 1 fully saturated rings. The number of furan rings is 1. The van der Waals surface area contributed by atoms with Crippen LogP contribution in [0.2, 0.25) is 0 Å². The minimum Gasteiger partial charge on any atom is -0.469 e. The number of hydrogen-bond acceptors (Lipinski definition) is 5. The quantitative estimate of drug-likeness (QED) is 0.833. The Balaban J connectivity index is 1.83. The monoisotopic (exact) mass is 247 g/mol. The zero-order valence-corrected chi connectivity index (χ0v) is 10.6. The number of aromatic amines is 1. The van der Waals surface area contributed by atoms with Gasteiger partial charge in [-0.25, -0.2) is 0 Å². The van der Waals surface area contributed by atoms with Crippen LogP contribution in [-0.2, 0) is 0 Å². The van der Waals surface area contributed by atoms with Gasteiger partial charge < -0.3 is 14.6 Å². The fraction of sp³-hybridized carbons (Fsp3) is 0.500. The molecule has 18 heavy (non-hydrogen) atoms. The first kappa shape index (κ1) is 11.3. The van der Waals surface area contributed by atoms with Crippen molar-refractivity contribution in [1.29, 1.82) is 0 Å². The van der Waals surface area contributed by atoms with Crippen LogP contribution in [0.25, 0.3) is 11.4 Å². The molecule has 0 radical (unpaired) electrons. The number of piperazine rings is 1. The second kappa shape index (κ2) is 4.45. The third-order valence-electron chi connectivity index (χ3n) is 3.24. The van der Waals surface area contributed by atoms with Crippen LogP contribution >= 0.6 is 0 Å². The van der Waals surface area contributed by atoms with Crippen LogP contribution in [0.1, 0.15) is 12.7 Å². The van der Waals surface area contributed by atoms with Gasteiger partial charge >= 0.3 is 0 Å². The molecule has 0 aromatic carbocycles. The zero-order chi connectivity index (χ0) is 12.5. The Labute approximate surface area is 105 Å². The zero-order valence-electron chi connectivity index (χ0n) is 10.6. The van der Waals surface area contributed by atoms with Crippen molar-refractivity contribution in [2.75, 3.05) is 24.5 Å². The standard InChI is InChI=1S/C12H17N5O/c1-8-7-17(5-4-13-8)12-14-11(15-16-12)10-3-6-18-9(10)2/h3,6,8,13H,4-5,7H2,1-2H3,(H,14,15,16)/t8-/m1/s1. The Morgan fingerprint density at radius 1 is 1.50 bits per heavy atom. The summed E-state index contributed by atoms with van der Waals surface area (Å²) in [6.45, 7) is 6.92. The highest BCUT2D eigenvalue weighted by Gasteiger charge is 2.20. The lowest BCUT2D eigenvalue weighted by Gasteiger charge is -2.30. The third-order valence-corrected chi connectivity index (χ3v) is 3.24. The van der Waals surface area contributed by atoms with E-state index in [-0.39, 0.29) is 0 Å². The van der Waals surface area contributed by atoms with Gasteiger partial charge in [-0.2, -0.15) is 4.98 Å². The highest BCUT2D eigenvalue weighted by molar-refractivity contribution is 5.58. The maximum absolute atomic E-state index is 5.28. The SMILES string of the molecule is Cc1occc1-c1nc(N2CCN[C@H](C)C2)n[nH]1. The van der Waals surface area contributed by atoms with Gasteiger partial charge in [0.15, 0.2) is 5.82 Å². The first-order valence-electron chi connectivity index (χ1n) is 6.19. The van der Waals surface area contributed by atoms with Gasteiger partial charge in [0.25, 0.3) is 0 Å². The van der Waals surface area contributed by atoms with Gasteiger partial charge in [-0.1, -0.05) is 0 Å². The molecule has 2 aromatic heterocycles. The van der Waals surface area contributed by atoms with Crippen molar-refractivity contribution in [1.82, 2.24) is 20.5 Å². The van der Waals surface area contributed by atoms with Gasteiger partial charge in [-0.05, 0) is 19.9 Å². The summed E-state index contributed by atoms with van der Waals surface area (Å²) in [6, 6.07) is 2.37. The second-order valence-electron chi connectivity index (χ2n) is 4.68. The summed E-state index contributed by atoms with van der Waals surface area (Å²) < 4.78 is 5.28. The maximum atomic E-state index is 5.28. The summed E-state index contributed by atoms with van der Waals surface area (Å²) in [6.07, 6.45) is 1.67. The number of aryl methyl sites for hydroxylation is 1.